The molecule has 2 rings (SSSR count). The first-order valence-electron chi connectivity index (χ1n) is 8.08. The van der Waals surface area contributed by atoms with Gasteiger partial charge in [0.05, 0.1) is 12.5 Å². The number of ether oxygens (including phenoxy) is 1. The molecule has 0 bridgehead atoms. The van der Waals surface area contributed by atoms with Crippen LogP contribution in [-0.4, -0.2) is 36.2 Å². The molecule has 1 amide bonds. The van der Waals surface area contributed by atoms with E-state index in [1.807, 2.05) is 31.7 Å². The quantitative estimate of drug-likeness (QED) is 0.923. The SMILES string of the molecule is CC(NCC1CCCN(C(=O)OC(C)(C)C)C1)c1ccoc1. The van der Waals surface area contributed by atoms with E-state index >= 15 is 0 Å². The van der Waals surface area contributed by atoms with Crippen molar-refractivity contribution in [3.8, 4) is 0 Å². The molecule has 2 heterocycles. The van der Waals surface area contributed by atoms with Gasteiger partial charge in [0.15, 0.2) is 0 Å². The Kier molecular flexibility index (Phi) is 5.51. The molecule has 1 aromatic rings. The van der Waals surface area contributed by atoms with Crippen molar-refractivity contribution in [2.45, 2.75) is 52.2 Å². The zero-order valence-electron chi connectivity index (χ0n) is 14.1. The summed E-state index contributed by atoms with van der Waals surface area (Å²) in [6, 6.07) is 2.24. The number of piperidine rings is 1. The summed E-state index contributed by atoms with van der Waals surface area (Å²) >= 11 is 0. The van der Waals surface area contributed by atoms with Crippen molar-refractivity contribution in [3.05, 3.63) is 24.2 Å². The molecule has 1 aliphatic rings. The molecule has 0 aliphatic carbocycles. The normalized spacial score (nSPS) is 20.7. The molecule has 0 saturated carbocycles. The molecule has 1 N–H and O–H groups in total. The monoisotopic (exact) mass is 308 g/mol. The number of hydrogen-bond donors (Lipinski definition) is 1. The first kappa shape index (κ1) is 16.9. The van der Waals surface area contributed by atoms with Crippen molar-refractivity contribution in [2.75, 3.05) is 19.6 Å². The van der Waals surface area contributed by atoms with Crippen LogP contribution in [0.5, 0.6) is 0 Å². The molecule has 0 spiro atoms. The fourth-order valence-electron chi connectivity index (χ4n) is 2.71. The van der Waals surface area contributed by atoms with Gasteiger partial charge in [-0.3, -0.25) is 0 Å². The Bertz CT molecular complexity index is 465. The number of carbonyl (C=O) groups is 1. The Labute approximate surface area is 133 Å². The summed E-state index contributed by atoms with van der Waals surface area (Å²) in [5.74, 6) is 0.468. The van der Waals surface area contributed by atoms with E-state index < -0.39 is 5.60 Å². The molecule has 1 aromatic heterocycles. The van der Waals surface area contributed by atoms with Crippen LogP contribution in [0.4, 0.5) is 4.79 Å². The molecule has 1 fully saturated rings. The van der Waals surface area contributed by atoms with Crippen LogP contribution in [0.25, 0.3) is 0 Å². The van der Waals surface area contributed by atoms with Crippen molar-refractivity contribution in [3.63, 3.8) is 0 Å². The van der Waals surface area contributed by atoms with Crippen LogP contribution in [0.15, 0.2) is 23.0 Å². The van der Waals surface area contributed by atoms with Crippen LogP contribution in [0.3, 0.4) is 0 Å². The maximum absolute atomic E-state index is 12.2. The minimum Gasteiger partial charge on any atom is -0.472 e. The van der Waals surface area contributed by atoms with Crippen molar-refractivity contribution in [2.24, 2.45) is 5.92 Å². The minimum absolute atomic E-state index is 0.194. The maximum Gasteiger partial charge on any atom is 0.410 e. The highest BCUT2D eigenvalue weighted by Crippen LogP contribution is 2.20. The minimum atomic E-state index is -0.432. The zero-order valence-corrected chi connectivity index (χ0v) is 14.1. The standard InChI is InChI=1S/C17H28N2O3/c1-13(15-7-9-21-12-15)18-10-14-6-5-8-19(11-14)16(20)22-17(2,3)4/h7,9,12-14,18H,5-6,8,10-11H2,1-4H3. The fourth-order valence-corrected chi connectivity index (χ4v) is 2.71. The maximum atomic E-state index is 12.2. The molecule has 5 heteroatoms. The van der Waals surface area contributed by atoms with Gasteiger partial charge < -0.3 is 19.4 Å². The van der Waals surface area contributed by atoms with Crippen LogP contribution in [0, 0.1) is 5.92 Å². The van der Waals surface area contributed by atoms with Gasteiger partial charge in [-0.05, 0) is 52.5 Å². The van der Waals surface area contributed by atoms with Crippen LogP contribution >= 0.6 is 0 Å². The number of hydrogen-bond acceptors (Lipinski definition) is 4. The average Bonchev–Trinajstić information content (AvgIpc) is 2.97. The van der Waals surface area contributed by atoms with E-state index in [0.29, 0.717) is 5.92 Å². The Hall–Kier alpha value is -1.49. The first-order valence-corrected chi connectivity index (χ1v) is 8.08. The molecule has 5 nitrogen and oxygen atoms in total. The van der Waals surface area contributed by atoms with Crippen molar-refractivity contribution in [1.29, 1.82) is 0 Å². The Morgan fingerprint density at radius 2 is 2.32 bits per heavy atom. The lowest BCUT2D eigenvalue weighted by Crippen LogP contribution is -2.45. The van der Waals surface area contributed by atoms with Crippen LogP contribution < -0.4 is 5.32 Å². The molecular formula is C17H28N2O3. The summed E-state index contributed by atoms with van der Waals surface area (Å²) in [4.78, 5) is 14.0. The molecule has 1 aliphatic heterocycles. The van der Waals surface area contributed by atoms with E-state index in [4.69, 9.17) is 9.15 Å². The lowest BCUT2D eigenvalue weighted by molar-refractivity contribution is 0.0165. The molecular weight excluding hydrogens is 280 g/mol. The van der Waals surface area contributed by atoms with Crippen molar-refractivity contribution in [1.82, 2.24) is 10.2 Å². The van der Waals surface area contributed by atoms with Gasteiger partial charge >= 0.3 is 6.09 Å². The number of nitrogens with one attached hydrogen (secondary N) is 1. The highest BCUT2D eigenvalue weighted by molar-refractivity contribution is 5.68. The second-order valence-electron chi connectivity index (χ2n) is 7.12. The largest absolute Gasteiger partial charge is 0.472 e. The van der Waals surface area contributed by atoms with Gasteiger partial charge in [0.2, 0.25) is 0 Å². The van der Waals surface area contributed by atoms with Gasteiger partial charge in [0.25, 0.3) is 0 Å². The summed E-state index contributed by atoms with van der Waals surface area (Å²) < 4.78 is 10.6. The van der Waals surface area contributed by atoms with Gasteiger partial charge in [-0.2, -0.15) is 0 Å². The van der Waals surface area contributed by atoms with E-state index in [1.165, 1.54) is 0 Å². The van der Waals surface area contributed by atoms with Gasteiger partial charge in [0, 0.05) is 31.2 Å². The molecule has 22 heavy (non-hydrogen) atoms. The smallest absolute Gasteiger partial charge is 0.410 e. The lowest BCUT2D eigenvalue weighted by atomic mass is 9.97. The molecule has 0 aromatic carbocycles. The first-order chi connectivity index (χ1) is 10.3. The van der Waals surface area contributed by atoms with Gasteiger partial charge in [0.1, 0.15) is 5.60 Å². The third kappa shape index (κ3) is 5.05. The second-order valence-corrected chi connectivity index (χ2v) is 7.12. The van der Waals surface area contributed by atoms with Gasteiger partial charge in [-0.25, -0.2) is 4.79 Å². The van der Waals surface area contributed by atoms with Gasteiger partial charge in [-0.15, -0.1) is 0 Å². The fraction of sp³-hybridized carbons (Fsp3) is 0.706. The average molecular weight is 308 g/mol. The van der Waals surface area contributed by atoms with E-state index in [1.54, 1.807) is 12.5 Å². The number of likely N-dealkylation sites (tertiary alicyclic amines) is 1. The lowest BCUT2D eigenvalue weighted by Gasteiger charge is -2.34. The van der Waals surface area contributed by atoms with Crippen LogP contribution in [-0.2, 0) is 4.74 Å². The van der Waals surface area contributed by atoms with E-state index in [2.05, 4.69) is 12.2 Å². The summed E-state index contributed by atoms with van der Waals surface area (Å²) in [7, 11) is 0. The Morgan fingerprint density at radius 3 is 2.95 bits per heavy atom. The molecule has 2 unspecified atom stereocenters. The number of nitrogens with zero attached hydrogens (tertiary/aromatic N) is 1. The number of furan rings is 1. The highest BCUT2D eigenvalue weighted by Gasteiger charge is 2.27. The van der Waals surface area contributed by atoms with Crippen LogP contribution in [0.1, 0.15) is 52.1 Å². The molecule has 124 valence electrons. The van der Waals surface area contributed by atoms with Crippen molar-refractivity contribution < 1.29 is 13.9 Å². The third-order valence-electron chi connectivity index (χ3n) is 3.93. The van der Waals surface area contributed by atoms with Gasteiger partial charge in [-0.1, -0.05) is 0 Å². The zero-order chi connectivity index (χ0) is 16.2. The molecule has 0 radical (unpaired) electrons. The highest BCUT2D eigenvalue weighted by atomic mass is 16.6. The van der Waals surface area contributed by atoms with E-state index in [9.17, 15) is 4.79 Å². The molecule has 2 atom stereocenters. The van der Waals surface area contributed by atoms with E-state index in [0.717, 1.165) is 38.0 Å². The number of carbonyl (C=O) groups excluding carboxylic acids is 1. The predicted octanol–water partition coefficient (Wildman–Crippen LogP) is 3.58. The van der Waals surface area contributed by atoms with Crippen molar-refractivity contribution >= 4 is 6.09 Å². The topological polar surface area (TPSA) is 54.7 Å². The summed E-state index contributed by atoms with van der Waals surface area (Å²) in [5, 5.41) is 3.52. The number of amides is 1. The summed E-state index contributed by atoms with van der Waals surface area (Å²) in [6.07, 6.45) is 5.44. The van der Waals surface area contributed by atoms with E-state index in [-0.39, 0.29) is 12.1 Å². The number of rotatable bonds is 4. The Balaban J connectivity index is 1.79. The molecule has 1 saturated heterocycles. The Morgan fingerprint density at radius 1 is 1.55 bits per heavy atom. The van der Waals surface area contributed by atoms with Crippen LogP contribution in [0.2, 0.25) is 0 Å². The predicted molar refractivity (Wildman–Crippen MR) is 85.7 cm³/mol. The third-order valence-corrected chi connectivity index (χ3v) is 3.93. The summed E-state index contributed by atoms with van der Waals surface area (Å²) in [5.41, 5.74) is 0.720. The second kappa shape index (κ2) is 7.18. The summed E-state index contributed by atoms with van der Waals surface area (Å²) in [6.45, 7) is 10.3.